The van der Waals surface area contributed by atoms with Crippen LogP contribution < -0.4 is 0 Å². The van der Waals surface area contributed by atoms with Gasteiger partial charge in [0, 0.05) is 0 Å². The standard InChI is InChI=1S/C34H35BrO4/c1-25-31(36-22-27-15-7-3-8-16-27)32(37-23-28-17-9-4-10-18-28)33(34(35)39-25)38-24-30-20-12-11-19-29(30)21-26-13-5-2-6-14-26/h2-20,25,31-34H,21-24H2,1H3/t25-,31+,32+,33-,34?/m1/s1. The summed E-state index contributed by atoms with van der Waals surface area (Å²) in [6.45, 7) is 3.43. The molecule has 0 aliphatic carbocycles. The first-order valence-electron chi connectivity index (χ1n) is 13.5. The molecule has 5 rings (SSSR count). The van der Waals surface area contributed by atoms with Gasteiger partial charge >= 0.3 is 0 Å². The van der Waals surface area contributed by atoms with E-state index in [2.05, 4.69) is 88.7 Å². The lowest BCUT2D eigenvalue weighted by molar-refractivity contribution is -0.241. The first kappa shape index (κ1) is 27.8. The summed E-state index contributed by atoms with van der Waals surface area (Å²) < 4.78 is 25.9. The van der Waals surface area contributed by atoms with Crippen molar-refractivity contribution in [3.8, 4) is 0 Å². The maximum absolute atomic E-state index is 6.61. The Labute approximate surface area is 240 Å². The number of hydrogen-bond donors (Lipinski definition) is 0. The van der Waals surface area contributed by atoms with Crippen molar-refractivity contribution in [3.05, 3.63) is 143 Å². The van der Waals surface area contributed by atoms with E-state index in [-0.39, 0.29) is 29.4 Å². The minimum Gasteiger partial charge on any atom is -0.368 e. The van der Waals surface area contributed by atoms with Crippen molar-refractivity contribution in [2.45, 2.75) is 62.6 Å². The molecule has 5 heteroatoms. The molecule has 1 unspecified atom stereocenters. The number of rotatable bonds is 11. The summed E-state index contributed by atoms with van der Waals surface area (Å²) in [6.07, 6.45) is -0.317. The molecule has 0 bridgehead atoms. The van der Waals surface area contributed by atoms with E-state index in [0.717, 1.165) is 23.1 Å². The Bertz CT molecular complexity index is 1270. The van der Waals surface area contributed by atoms with Gasteiger partial charge in [-0.15, -0.1) is 0 Å². The van der Waals surface area contributed by atoms with Gasteiger partial charge in [-0.3, -0.25) is 0 Å². The van der Waals surface area contributed by atoms with Crippen LogP contribution in [0.15, 0.2) is 115 Å². The molecule has 0 saturated carbocycles. The van der Waals surface area contributed by atoms with Gasteiger partial charge in [0.1, 0.15) is 23.3 Å². The molecule has 0 spiro atoms. The molecule has 4 aromatic rings. The summed E-state index contributed by atoms with van der Waals surface area (Å²) in [5, 5.41) is -0.328. The van der Waals surface area contributed by atoms with Gasteiger partial charge in [-0.2, -0.15) is 0 Å². The first-order chi connectivity index (χ1) is 19.2. The van der Waals surface area contributed by atoms with Gasteiger partial charge < -0.3 is 18.9 Å². The molecule has 0 aromatic heterocycles. The fourth-order valence-electron chi connectivity index (χ4n) is 4.96. The molecule has 39 heavy (non-hydrogen) atoms. The molecule has 1 aliphatic heterocycles. The van der Waals surface area contributed by atoms with E-state index in [0.29, 0.717) is 19.8 Å². The van der Waals surface area contributed by atoms with Gasteiger partial charge in [0.15, 0.2) is 0 Å². The van der Waals surface area contributed by atoms with E-state index in [1.54, 1.807) is 0 Å². The van der Waals surface area contributed by atoms with Crippen molar-refractivity contribution in [3.63, 3.8) is 0 Å². The molecule has 4 nitrogen and oxygen atoms in total. The van der Waals surface area contributed by atoms with Crippen molar-refractivity contribution in [1.82, 2.24) is 0 Å². The van der Waals surface area contributed by atoms with Crippen LogP contribution in [0.5, 0.6) is 0 Å². The van der Waals surface area contributed by atoms with Gasteiger partial charge in [0.25, 0.3) is 0 Å². The van der Waals surface area contributed by atoms with Gasteiger partial charge in [0.05, 0.1) is 25.9 Å². The molecule has 1 heterocycles. The van der Waals surface area contributed by atoms with Crippen LogP contribution in [0.3, 0.4) is 0 Å². The zero-order chi connectivity index (χ0) is 26.9. The Morgan fingerprint density at radius 3 is 1.59 bits per heavy atom. The maximum Gasteiger partial charge on any atom is 0.141 e. The minimum absolute atomic E-state index is 0.177. The highest BCUT2D eigenvalue weighted by Crippen LogP contribution is 2.33. The van der Waals surface area contributed by atoms with Crippen LogP contribution in [0.4, 0.5) is 0 Å². The SMILES string of the molecule is C[C@H]1OC(Br)[C@H](OCc2ccccc2Cc2ccccc2)[C@@H](OCc2ccccc2)[C@H]1OCc1ccccc1. The summed E-state index contributed by atoms with van der Waals surface area (Å²) in [6, 6.07) is 39.4. The lowest BCUT2D eigenvalue weighted by atomic mass is 9.98. The van der Waals surface area contributed by atoms with Crippen molar-refractivity contribution in [2.24, 2.45) is 0 Å². The Kier molecular flexibility index (Phi) is 9.97. The van der Waals surface area contributed by atoms with Crippen LogP contribution in [0.25, 0.3) is 0 Å². The van der Waals surface area contributed by atoms with Crippen molar-refractivity contribution in [1.29, 1.82) is 0 Å². The second kappa shape index (κ2) is 14.0. The normalized spacial score (nSPS) is 23.0. The number of hydrogen-bond acceptors (Lipinski definition) is 4. The van der Waals surface area contributed by atoms with Crippen LogP contribution in [0.1, 0.15) is 34.7 Å². The molecule has 1 fully saturated rings. The fraction of sp³-hybridized carbons (Fsp3) is 0.294. The molecule has 1 aliphatic rings. The molecular formula is C34H35BrO4. The average molecular weight is 588 g/mol. The zero-order valence-corrected chi connectivity index (χ0v) is 23.8. The van der Waals surface area contributed by atoms with Gasteiger partial charge in [-0.25, -0.2) is 0 Å². The summed E-state index contributed by atoms with van der Waals surface area (Å²) in [5.74, 6) is 0. The number of ether oxygens (including phenoxy) is 4. The second-order valence-electron chi connectivity index (χ2n) is 9.92. The summed E-state index contributed by atoms with van der Waals surface area (Å²) in [5.41, 5.74) is 5.90. The van der Waals surface area contributed by atoms with Gasteiger partial charge in [-0.05, 0) is 41.2 Å². The van der Waals surface area contributed by atoms with Gasteiger partial charge in [0.2, 0.25) is 0 Å². The van der Waals surface area contributed by atoms with E-state index in [9.17, 15) is 0 Å². The van der Waals surface area contributed by atoms with E-state index in [1.807, 2.05) is 49.4 Å². The monoisotopic (exact) mass is 586 g/mol. The highest BCUT2D eigenvalue weighted by Gasteiger charge is 2.45. The lowest BCUT2D eigenvalue weighted by Crippen LogP contribution is -2.57. The molecule has 202 valence electrons. The van der Waals surface area contributed by atoms with E-state index in [1.165, 1.54) is 11.1 Å². The molecule has 0 N–H and O–H groups in total. The summed E-state index contributed by atoms with van der Waals surface area (Å²) in [4.78, 5) is 0. The topological polar surface area (TPSA) is 36.9 Å². The van der Waals surface area contributed by atoms with Crippen LogP contribution in [-0.2, 0) is 45.2 Å². The smallest absolute Gasteiger partial charge is 0.141 e. The van der Waals surface area contributed by atoms with Crippen molar-refractivity contribution in [2.75, 3.05) is 0 Å². The van der Waals surface area contributed by atoms with Crippen LogP contribution in [0, 0.1) is 0 Å². The average Bonchev–Trinajstić information content (AvgIpc) is 2.97. The van der Waals surface area contributed by atoms with E-state index >= 15 is 0 Å². The molecule has 4 aromatic carbocycles. The van der Waals surface area contributed by atoms with Crippen molar-refractivity contribution < 1.29 is 18.9 Å². The fourth-order valence-corrected chi connectivity index (χ4v) is 5.75. The predicted octanol–water partition coefficient (Wildman–Crippen LogP) is 7.47. The Morgan fingerprint density at radius 2 is 1.00 bits per heavy atom. The quantitative estimate of drug-likeness (QED) is 0.171. The number of halogens is 1. The molecule has 5 atom stereocenters. The molecule has 1 saturated heterocycles. The summed E-state index contributed by atoms with van der Waals surface area (Å²) >= 11 is 3.75. The second-order valence-corrected chi connectivity index (χ2v) is 10.8. The Balaban J connectivity index is 1.34. The summed E-state index contributed by atoms with van der Waals surface area (Å²) in [7, 11) is 0. The van der Waals surface area contributed by atoms with E-state index in [4.69, 9.17) is 18.9 Å². The largest absolute Gasteiger partial charge is 0.368 e. The molecule has 0 radical (unpaired) electrons. The van der Waals surface area contributed by atoms with Crippen molar-refractivity contribution >= 4 is 15.9 Å². The third-order valence-electron chi connectivity index (χ3n) is 7.07. The predicted molar refractivity (Wildman–Crippen MR) is 158 cm³/mol. The molecule has 0 amide bonds. The van der Waals surface area contributed by atoms with Crippen LogP contribution in [-0.4, -0.2) is 29.4 Å². The number of alkyl halides is 1. The third kappa shape index (κ3) is 7.65. The highest BCUT2D eigenvalue weighted by molar-refractivity contribution is 9.09. The van der Waals surface area contributed by atoms with Crippen LogP contribution in [0.2, 0.25) is 0 Å². The third-order valence-corrected chi connectivity index (χ3v) is 7.81. The minimum atomic E-state index is -0.365. The van der Waals surface area contributed by atoms with E-state index < -0.39 is 0 Å². The molecular weight excluding hydrogens is 552 g/mol. The number of benzene rings is 4. The lowest BCUT2D eigenvalue weighted by Gasteiger charge is -2.43. The maximum atomic E-state index is 6.61. The first-order valence-corrected chi connectivity index (χ1v) is 14.4. The zero-order valence-electron chi connectivity index (χ0n) is 22.2. The Hall–Kier alpha value is -2.80. The highest BCUT2D eigenvalue weighted by atomic mass is 79.9. The van der Waals surface area contributed by atoms with Gasteiger partial charge in [-0.1, -0.05) is 131 Å². The Morgan fingerprint density at radius 1 is 0.538 bits per heavy atom. The van der Waals surface area contributed by atoms with Crippen LogP contribution >= 0.6 is 15.9 Å².